The Hall–Kier alpha value is -1.42. The number of aliphatic carboxylic acids is 1. The first-order chi connectivity index (χ1) is 8.59. The second-order valence-electron chi connectivity index (χ2n) is 4.46. The number of carboxylic acids is 1. The van der Waals surface area contributed by atoms with Crippen LogP contribution in [0.1, 0.15) is 30.6 Å². The Morgan fingerprint density at radius 2 is 2.22 bits per heavy atom. The topological polar surface area (TPSA) is 42.2 Å². The van der Waals surface area contributed by atoms with E-state index in [0.717, 1.165) is 12.1 Å². The molecule has 0 amide bonds. The van der Waals surface area contributed by atoms with Gasteiger partial charge in [-0.3, -0.25) is 4.79 Å². The fraction of sp³-hybridized carbons (Fsp3) is 0.357. The molecule has 0 bridgehead atoms. The molecule has 0 saturated carbocycles. The largest absolute Gasteiger partial charge is 0.481 e. The summed E-state index contributed by atoms with van der Waals surface area (Å²) in [6.45, 7) is 2.79. The smallest absolute Gasteiger partial charge is 0.303 e. The molecule has 1 atom stereocenters. The molecular weight excluding hydrogens is 246 g/mol. The molecule has 1 heterocycles. The van der Waals surface area contributed by atoms with E-state index < -0.39 is 5.97 Å². The Balaban J connectivity index is 2.25. The summed E-state index contributed by atoms with van der Waals surface area (Å²) >= 11 is 4.48. The zero-order chi connectivity index (χ0) is 13.1. The van der Waals surface area contributed by atoms with Gasteiger partial charge in [-0.05, 0) is 31.0 Å². The molecule has 1 aromatic carbocycles. The van der Waals surface area contributed by atoms with E-state index in [1.54, 1.807) is 0 Å². The highest BCUT2D eigenvalue weighted by Gasteiger charge is 2.08. The highest BCUT2D eigenvalue weighted by molar-refractivity contribution is 7.80. The lowest BCUT2D eigenvalue weighted by molar-refractivity contribution is -0.137. The Bertz CT molecular complexity index is 560. The van der Waals surface area contributed by atoms with Crippen molar-refractivity contribution in [3.63, 3.8) is 0 Å². The maximum Gasteiger partial charge on any atom is 0.303 e. The van der Waals surface area contributed by atoms with Gasteiger partial charge >= 0.3 is 5.97 Å². The van der Waals surface area contributed by atoms with Gasteiger partial charge in [0.15, 0.2) is 0 Å². The van der Waals surface area contributed by atoms with E-state index in [9.17, 15) is 4.79 Å². The molecule has 0 aliphatic carbocycles. The van der Waals surface area contributed by atoms with E-state index in [2.05, 4.69) is 42.3 Å². The van der Waals surface area contributed by atoms with Crippen LogP contribution < -0.4 is 0 Å². The lowest BCUT2D eigenvalue weighted by atomic mass is 10.1. The number of hydrogen-bond donors (Lipinski definition) is 2. The summed E-state index contributed by atoms with van der Waals surface area (Å²) in [7, 11) is 0. The van der Waals surface area contributed by atoms with Crippen molar-refractivity contribution in [3.05, 3.63) is 36.0 Å². The van der Waals surface area contributed by atoms with Crippen LogP contribution in [-0.2, 0) is 11.3 Å². The predicted octanol–water partition coefficient (Wildman–Crippen LogP) is 3.50. The van der Waals surface area contributed by atoms with Crippen LogP contribution in [0.15, 0.2) is 30.5 Å². The Kier molecular flexibility index (Phi) is 3.97. The van der Waals surface area contributed by atoms with Crippen LogP contribution in [0.2, 0.25) is 0 Å². The Morgan fingerprint density at radius 1 is 1.44 bits per heavy atom. The van der Waals surface area contributed by atoms with Gasteiger partial charge < -0.3 is 9.67 Å². The summed E-state index contributed by atoms with van der Waals surface area (Å²) in [5, 5.41) is 10.1. The summed E-state index contributed by atoms with van der Waals surface area (Å²) in [6, 6.07) is 8.26. The number of benzene rings is 1. The van der Waals surface area contributed by atoms with E-state index in [1.165, 1.54) is 10.9 Å². The van der Waals surface area contributed by atoms with E-state index in [0.29, 0.717) is 6.42 Å². The van der Waals surface area contributed by atoms with Gasteiger partial charge in [-0.25, -0.2) is 0 Å². The van der Waals surface area contributed by atoms with Crippen LogP contribution in [0.3, 0.4) is 0 Å². The third-order valence-corrected chi connectivity index (χ3v) is 3.37. The third kappa shape index (κ3) is 2.70. The van der Waals surface area contributed by atoms with Gasteiger partial charge in [-0.1, -0.05) is 12.1 Å². The number of hydrogen-bond acceptors (Lipinski definition) is 2. The predicted molar refractivity (Wildman–Crippen MR) is 76.2 cm³/mol. The first-order valence-corrected chi connectivity index (χ1v) is 6.59. The number of carboxylic acid groups (broad SMARTS) is 1. The van der Waals surface area contributed by atoms with Crippen LogP contribution in [0.4, 0.5) is 0 Å². The lowest BCUT2D eigenvalue weighted by Crippen LogP contribution is -2.00. The van der Waals surface area contributed by atoms with Gasteiger partial charge in [0.2, 0.25) is 0 Å². The van der Waals surface area contributed by atoms with Gasteiger partial charge in [0.05, 0.1) is 0 Å². The van der Waals surface area contributed by atoms with Gasteiger partial charge in [-0.15, -0.1) is 0 Å². The average Bonchev–Trinajstić information content (AvgIpc) is 2.72. The summed E-state index contributed by atoms with van der Waals surface area (Å²) in [5.41, 5.74) is 2.37. The van der Waals surface area contributed by atoms with Gasteiger partial charge in [0, 0.05) is 35.3 Å². The number of aryl methyl sites for hydroxylation is 1. The summed E-state index contributed by atoms with van der Waals surface area (Å²) < 4.78 is 2.11. The van der Waals surface area contributed by atoms with Crippen molar-refractivity contribution >= 4 is 29.5 Å². The van der Waals surface area contributed by atoms with E-state index in [-0.39, 0.29) is 11.7 Å². The molecule has 0 aliphatic heterocycles. The first kappa shape index (κ1) is 13.0. The lowest BCUT2D eigenvalue weighted by Gasteiger charge is -2.08. The molecule has 0 spiro atoms. The van der Waals surface area contributed by atoms with Crippen molar-refractivity contribution < 1.29 is 9.90 Å². The van der Waals surface area contributed by atoms with Crippen molar-refractivity contribution in [1.82, 2.24) is 4.57 Å². The molecule has 0 saturated heterocycles. The monoisotopic (exact) mass is 263 g/mol. The van der Waals surface area contributed by atoms with Crippen LogP contribution in [0, 0.1) is 0 Å². The van der Waals surface area contributed by atoms with E-state index >= 15 is 0 Å². The minimum Gasteiger partial charge on any atom is -0.481 e. The van der Waals surface area contributed by atoms with Crippen LogP contribution in [-0.4, -0.2) is 15.6 Å². The normalized spacial score (nSPS) is 12.8. The molecule has 1 N–H and O–H groups in total. The Morgan fingerprint density at radius 3 is 2.89 bits per heavy atom. The van der Waals surface area contributed by atoms with Gasteiger partial charge in [0.1, 0.15) is 0 Å². The minimum absolute atomic E-state index is 0.198. The molecule has 2 aromatic rings. The molecule has 1 aromatic heterocycles. The number of fused-ring (bicyclic) bond motifs is 1. The SMILES string of the molecule is CC(S)c1cccc2c1ccn2CCCC(=O)O. The number of nitrogens with zero attached hydrogens (tertiary/aromatic N) is 1. The first-order valence-electron chi connectivity index (χ1n) is 6.07. The second kappa shape index (κ2) is 5.48. The van der Waals surface area contributed by atoms with Crippen LogP contribution in [0.5, 0.6) is 0 Å². The zero-order valence-electron chi connectivity index (χ0n) is 10.3. The minimum atomic E-state index is -0.740. The summed E-state index contributed by atoms with van der Waals surface area (Å²) in [6.07, 6.45) is 2.88. The number of thiol groups is 1. The van der Waals surface area contributed by atoms with Crippen molar-refractivity contribution in [2.24, 2.45) is 0 Å². The van der Waals surface area contributed by atoms with Gasteiger partial charge in [-0.2, -0.15) is 12.6 Å². The number of carbonyl (C=O) groups is 1. The van der Waals surface area contributed by atoms with Crippen molar-refractivity contribution in [2.45, 2.75) is 31.6 Å². The molecule has 1 unspecified atom stereocenters. The van der Waals surface area contributed by atoms with Gasteiger partial charge in [0.25, 0.3) is 0 Å². The molecule has 0 aliphatic rings. The summed E-state index contributed by atoms with van der Waals surface area (Å²) in [4.78, 5) is 10.5. The molecule has 3 nitrogen and oxygen atoms in total. The highest BCUT2D eigenvalue weighted by atomic mass is 32.1. The maximum atomic E-state index is 10.5. The fourth-order valence-corrected chi connectivity index (χ4v) is 2.43. The van der Waals surface area contributed by atoms with Crippen molar-refractivity contribution in [2.75, 3.05) is 0 Å². The Labute approximate surface area is 112 Å². The van der Waals surface area contributed by atoms with E-state index in [4.69, 9.17) is 5.11 Å². The molecule has 0 fully saturated rings. The van der Waals surface area contributed by atoms with Crippen LogP contribution in [0.25, 0.3) is 10.9 Å². The molecule has 96 valence electrons. The number of rotatable bonds is 5. The quantitative estimate of drug-likeness (QED) is 0.811. The standard InChI is InChI=1S/C14H17NO2S/c1-10(18)11-4-2-5-13-12(11)7-9-15(13)8-3-6-14(16)17/h2,4-5,7,9-10,18H,3,6,8H2,1H3,(H,16,17). The number of aromatic nitrogens is 1. The third-order valence-electron chi connectivity index (χ3n) is 3.09. The molecule has 0 radical (unpaired) electrons. The zero-order valence-corrected chi connectivity index (χ0v) is 11.2. The van der Waals surface area contributed by atoms with Crippen molar-refractivity contribution in [1.29, 1.82) is 0 Å². The maximum absolute atomic E-state index is 10.5. The molecule has 18 heavy (non-hydrogen) atoms. The average molecular weight is 263 g/mol. The highest BCUT2D eigenvalue weighted by Crippen LogP contribution is 2.28. The van der Waals surface area contributed by atoms with E-state index in [1.807, 2.05) is 12.3 Å². The summed E-state index contributed by atoms with van der Waals surface area (Å²) in [5.74, 6) is -0.740. The molecule has 2 rings (SSSR count). The fourth-order valence-electron chi connectivity index (χ4n) is 2.21. The second-order valence-corrected chi connectivity index (χ2v) is 5.24. The van der Waals surface area contributed by atoms with Crippen LogP contribution >= 0.6 is 12.6 Å². The molecular formula is C14H17NO2S. The molecule has 4 heteroatoms. The van der Waals surface area contributed by atoms with Crippen molar-refractivity contribution in [3.8, 4) is 0 Å².